The summed E-state index contributed by atoms with van der Waals surface area (Å²) in [7, 11) is 1.65. The Hall–Kier alpha value is -2.82. The molecule has 1 aliphatic heterocycles. The average molecular weight is 352 g/mol. The molecule has 5 heteroatoms. The van der Waals surface area contributed by atoms with Crippen molar-refractivity contribution in [2.24, 2.45) is 0 Å². The number of ether oxygens (including phenoxy) is 1. The van der Waals surface area contributed by atoms with Crippen LogP contribution in [0.25, 0.3) is 10.9 Å². The summed E-state index contributed by atoms with van der Waals surface area (Å²) in [6.45, 7) is 1.26. The minimum Gasteiger partial charge on any atom is -0.497 e. The third-order valence-electron chi connectivity index (χ3n) is 5.10. The van der Waals surface area contributed by atoms with E-state index in [1.165, 1.54) is 6.07 Å². The zero-order valence-electron chi connectivity index (χ0n) is 14.7. The van der Waals surface area contributed by atoms with E-state index in [1.807, 2.05) is 18.2 Å². The minimum atomic E-state index is -0.461. The van der Waals surface area contributed by atoms with Gasteiger partial charge in [-0.2, -0.15) is 0 Å². The van der Waals surface area contributed by atoms with Crippen LogP contribution < -0.4 is 4.74 Å². The molecule has 2 heterocycles. The Kier molecular flexibility index (Phi) is 4.37. The van der Waals surface area contributed by atoms with Gasteiger partial charge in [-0.3, -0.25) is 4.79 Å². The van der Waals surface area contributed by atoms with Crippen LogP contribution in [0.5, 0.6) is 5.75 Å². The van der Waals surface area contributed by atoms with Crippen LogP contribution in [-0.4, -0.2) is 36.0 Å². The lowest BCUT2D eigenvalue weighted by atomic mass is 9.94. The van der Waals surface area contributed by atoms with Crippen LogP contribution in [-0.2, 0) is 0 Å². The molecule has 26 heavy (non-hydrogen) atoms. The molecule has 4 rings (SSSR count). The van der Waals surface area contributed by atoms with Gasteiger partial charge >= 0.3 is 0 Å². The van der Waals surface area contributed by atoms with Gasteiger partial charge < -0.3 is 14.6 Å². The standard InChI is InChI=1S/C21H21FN2O2/c1-26-16-8-9-19-15(11-16)12-20(23-19)14-5-4-10-24(13-14)21(25)17-6-2-3-7-18(17)22/h2-3,6-9,11-12,14,23H,4-5,10,13H2,1H3. The molecule has 1 aromatic heterocycles. The Morgan fingerprint density at radius 1 is 1.23 bits per heavy atom. The Bertz CT molecular complexity index is 950. The fraction of sp³-hybridized carbons (Fsp3) is 0.286. The summed E-state index contributed by atoms with van der Waals surface area (Å²) in [6, 6.07) is 14.2. The molecule has 0 bridgehead atoms. The van der Waals surface area contributed by atoms with E-state index in [0.717, 1.165) is 35.2 Å². The number of methoxy groups -OCH3 is 1. The van der Waals surface area contributed by atoms with Crippen LogP contribution in [0, 0.1) is 5.82 Å². The maximum atomic E-state index is 14.0. The lowest BCUT2D eigenvalue weighted by molar-refractivity contribution is 0.0701. The first-order valence-electron chi connectivity index (χ1n) is 8.86. The molecule has 1 saturated heterocycles. The number of nitrogens with zero attached hydrogens (tertiary/aromatic N) is 1. The van der Waals surface area contributed by atoms with Gasteiger partial charge in [-0.05, 0) is 49.2 Å². The molecule has 0 saturated carbocycles. The molecule has 1 amide bonds. The van der Waals surface area contributed by atoms with Gasteiger partial charge in [0.2, 0.25) is 0 Å². The molecule has 2 aromatic carbocycles. The molecular formula is C21H21FN2O2. The first-order valence-corrected chi connectivity index (χ1v) is 8.86. The van der Waals surface area contributed by atoms with Crippen molar-refractivity contribution in [1.29, 1.82) is 0 Å². The number of H-pyrrole nitrogens is 1. The second-order valence-corrected chi connectivity index (χ2v) is 6.75. The summed E-state index contributed by atoms with van der Waals surface area (Å²) in [5, 5.41) is 1.09. The predicted octanol–water partition coefficient (Wildman–Crippen LogP) is 4.34. The smallest absolute Gasteiger partial charge is 0.256 e. The van der Waals surface area contributed by atoms with Crippen LogP contribution in [0.15, 0.2) is 48.5 Å². The van der Waals surface area contributed by atoms with Crippen molar-refractivity contribution in [3.63, 3.8) is 0 Å². The van der Waals surface area contributed by atoms with Gasteiger partial charge in [-0.15, -0.1) is 0 Å². The zero-order valence-corrected chi connectivity index (χ0v) is 14.7. The molecule has 3 aromatic rings. The fourth-order valence-electron chi connectivity index (χ4n) is 3.70. The van der Waals surface area contributed by atoms with E-state index in [9.17, 15) is 9.18 Å². The molecule has 1 atom stereocenters. The van der Waals surface area contributed by atoms with Gasteiger partial charge in [-0.25, -0.2) is 4.39 Å². The van der Waals surface area contributed by atoms with Crippen molar-refractivity contribution in [1.82, 2.24) is 9.88 Å². The number of hydrogen-bond acceptors (Lipinski definition) is 2. The van der Waals surface area contributed by atoms with E-state index in [-0.39, 0.29) is 17.4 Å². The van der Waals surface area contributed by atoms with Crippen molar-refractivity contribution in [2.75, 3.05) is 20.2 Å². The van der Waals surface area contributed by atoms with Crippen LogP contribution >= 0.6 is 0 Å². The molecule has 1 N–H and O–H groups in total. The Morgan fingerprint density at radius 3 is 2.88 bits per heavy atom. The molecule has 4 nitrogen and oxygen atoms in total. The van der Waals surface area contributed by atoms with Crippen molar-refractivity contribution >= 4 is 16.8 Å². The van der Waals surface area contributed by atoms with Crippen LogP contribution in [0.3, 0.4) is 0 Å². The van der Waals surface area contributed by atoms with Crippen molar-refractivity contribution in [3.8, 4) is 5.75 Å². The zero-order chi connectivity index (χ0) is 18.1. The molecule has 0 spiro atoms. The molecule has 134 valence electrons. The summed E-state index contributed by atoms with van der Waals surface area (Å²) < 4.78 is 19.2. The van der Waals surface area contributed by atoms with E-state index in [1.54, 1.807) is 30.2 Å². The van der Waals surface area contributed by atoms with Gasteiger partial charge in [0.1, 0.15) is 11.6 Å². The first kappa shape index (κ1) is 16.6. The van der Waals surface area contributed by atoms with Gasteiger partial charge in [0.05, 0.1) is 12.7 Å². The highest BCUT2D eigenvalue weighted by Crippen LogP contribution is 2.31. The second-order valence-electron chi connectivity index (χ2n) is 6.75. The molecule has 0 radical (unpaired) electrons. The second kappa shape index (κ2) is 6.83. The Balaban J connectivity index is 1.57. The number of aromatic amines is 1. The summed E-state index contributed by atoms with van der Waals surface area (Å²) in [6.07, 6.45) is 1.91. The van der Waals surface area contributed by atoms with E-state index >= 15 is 0 Å². The number of halogens is 1. The highest BCUT2D eigenvalue weighted by Gasteiger charge is 2.27. The van der Waals surface area contributed by atoms with E-state index in [0.29, 0.717) is 13.1 Å². The Labute approximate surface area is 151 Å². The van der Waals surface area contributed by atoms with Crippen molar-refractivity contribution < 1.29 is 13.9 Å². The predicted molar refractivity (Wildman–Crippen MR) is 99.1 cm³/mol. The fourth-order valence-corrected chi connectivity index (χ4v) is 3.70. The van der Waals surface area contributed by atoms with Gasteiger partial charge in [-0.1, -0.05) is 12.1 Å². The topological polar surface area (TPSA) is 45.3 Å². The third kappa shape index (κ3) is 3.05. The first-order chi connectivity index (χ1) is 12.7. The largest absolute Gasteiger partial charge is 0.497 e. The maximum Gasteiger partial charge on any atom is 0.256 e. The lowest BCUT2D eigenvalue weighted by Crippen LogP contribution is -2.39. The number of piperidine rings is 1. The van der Waals surface area contributed by atoms with E-state index < -0.39 is 5.82 Å². The van der Waals surface area contributed by atoms with Crippen molar-refractivity contribution in [2.45, 2.75) is 18.8 Å². The van der Waals surface area contributed by atoms with Gasteiger partial charge in [0, 0.05) is 35.6 Å². The number of carbonyl (C=O) groups is 1. The summed E-state index contributed by atoms with van der Waals surface area (Å²) in [5.74, 6) is 0.351. The Morgan fingerprint density at radius 2 is 2.08 bits per heavy atom. The lowest BCUT2D eigenvalue weighted by Gasteiger charge is -2.32. The molecule has 1 unspecified atom stereocenters. The number of benzene rings is 2. The number of hydrogen-bond donors (Lipinski definition) is 1. The summed E-state index contributed by atoms with van der Waals surface area (Å²) in [4.78, 5) is 17.9. The van der Waals surface area contributed by atoms with Gasteiger partial charge in [0.25, 0.3) is 5.91 Å². The van der Waals surface area contributed by atoms with E-state index in [2.05, 4.69) is 11.1 Å². The number of amides is 1. The molecular weight excluding hydrogens is 331 g/mol. The number of fused-ring (bicyclic) bond motifs is 1. The maximum absolute atomic E-state index is 14.0. The third-order valence-corrected chi connectivity index (χ3v) is 5.10. The summed E-state index contributed by atoms with van der Waals surface area (Å²) in [5.41, 5.74) is 2.31. The number of carbonyl (C=O) groups excluding carboxylic acids is 1. The van der Waals surface area contributed by atoms with Crippen LogP contribution in [0.1, 0.15) is 34.8 Å². The normalized spacial score (nSPS) is 17.5. The highest BCUT2D eigenvalue weighted by atomic mass is 19.1. The number of likely N-dealkylation sites (tertiary alicyclic amines) is 1. The SMILES string of the molecule is COc1ccc2[nH]c(C3CCCN(C(=O)c4ccccc4F)C3)cc2c1. The monoisotopic (exact) mass is 352 g/mol. The number of aromatic nitrogens is 1. The molecule has 0 aliphatic carbocycles. The molecule has 1 fully saturated rings. The quantitative estimate of drug-likeness (QED) is 0.762. The minimum absolute atomic E-state index is 0.148. The van der Waals surface area contributed by atoms with Crippen molar-refractivity contribution in [3.05, 3.63) is 65.6 Å². The average Bonchev–Trinajstić information content (AvgIpc) is 3.11. The van der Waals surface area contributed by atoms with E-state index in [4.69, 9.17) is 4.74 Å². The molecule has 1 aliphatic rings. The van der Waals surface area contributed by atoms with Crippen LogP contribution in [0.4, 0.5) is 4.39 Å². The van der Waals surface area contributed by atoms with Gasteiger partial charge in [0.15, 0.2) is 0 Å². The number of nitrogens with one attached hydrogen (secondary N) is 1. The van der Waals surface area contributed by atoms with Crippen LogP contribution in [0.2, 0.25) is 0 Å². The summed E-state index contributed by atoms with van der Waals surface area (Å²) >= 11 is 0. The highest BCUT2D eigenvalue weighted by molar-refractivity contribution is 5.94. The number of rotatable bonds is 3.